The van der Waals surface area contributed by atoms with Crippen molar-refractivity contribution in [1.29, 1.82) is 0 Å². The Morgan fingerprint density at radius 3 is 2.88 bits per heavy atom. The molecular formula is C18H21N5O2. The van der Waals surface area contributed by atoms with E-state index in [9.17, 15) is 9.59 Å². The molecule has 7 heteroatoms. The zero-order valence-corrected chi connectivity index (χ0v) is 14.4. The van der Waals surface area contributed by atoms with Crippen LogP contribution < -0.4 is 11.3 Å². The molecule has 0 saturated carbocycles. The Hall–Kier alpha value is -2.67. The first-order valence-corrected chi connectivity index (χ1v) is 8.56. The maximum absolute atomic E-state index is 12.9. The highest BCUT2D eigenvalue weighted by Gasteiger charge is 2.22. The quantitative estimate of drug-likeness (QED) is 0.729. The highest BCUT2D eigenvalue weighted by atomic mass is 16.2. The van der Waals surface area contributed by atoms with Crippen molar-refractivity contribution < 1.29 is 4.79 Å². The van der Waals surface area contributed by atoms with E-state index in [4.69, 9.17) is 5.73 Å². The van der Waals surface area contributed by atoms with E-state index in [0.717, 1.165) is 34.1 Å². The Morgan fingerprint density at radius 1 is 1.36 bits per heavy atom. The second-order valence-corrected chi connectivity index (χ2v) is 6.53. The number of benzene rings is 1. The summed E-state index contributed by atoms with van der Waals surface area (Å²) in [5.41, 5.74) is 10.1. The standard InChI is InChI=1S/C18H21N5O2/c1-3-23-14-7-12-9-22(15(24)8-19)5-4-11(12)6-13(14)17-16(18(23)25)10(2)20-21-17/h6-7H,3-5,8-9,19H2,1-2H3,(H,20,21). The van der Waals surface area contributed by atoms with Crippen LogP contribution in [0.15, 0.2) is 16.9 Å². The van der Waals surface area contributed by atoms with Gasteiger partial charge in [-0.25, -0.2) is 0 Å². The zero-order chi connectivity index (χ0) is 17.7. The molecule has 1 aliphatic rings. The van der Waals surface area contributed by atoms with Gasteiger partial charge in [-0.1, -0.05) is 0 Å². The summed E-state index contributed by atoms with van der Waals surface area (Å²) in [6, 6.07) is 4.16. The van der Waals surface area contributed by atoms with Crippen LogP contribution in [0.25, 0.3) is 21.8 Å². The van der Waals surface area contributed by atoms with Crippen molar-refractivity contribution >= 4 is 27.7 Å². The Balaban J connectivity index is 1.99. The molecule has 0 bridgehead atoms. The van der Waals surface area contributed by atoms with E-state index in [1.165, 1.54) is 5.56 Å². The van der Waals surface area contributed by atoms with Gasteiger partial charge in [-0.05, 0) is 43.5 Å². The molecule has 7 nitrogen and oxygen atoms in total. The number of aromatic amines is 1. The van der Waals surface area contributed by atoms with Gasteiger partial charge in [-0.3, -0.25) is 14.7 Å². The van der Waals surface area contributed by atoms with Gasteiger partial charge in [0.15, 0.2) is 0 Å². The van der Waals surface area contributed by atoms with E-state index in [2.05, 4.69) is 16.3 Å². The Labute approximate surface area is 144 Å². The molecule has 0 unspecified atom stereocenters. The van der Waals surface area contributed by atoms with Gasteiger partial charge in [0.1, 0.15) is 5.52 Å². The molecule has 0 fully saturated rings. The molecule has 3 aromatic rings. The monoisotopic (exact) mass is 339 g/mol. The lowest BCUT2D eigenvalue weighted by molar-refractivity contribution is -0.130. The molecule has 0 aliphatic carbocycles. The van der Waals surface area contributed by atoms with Crippen LogP contribution >= 0.6 is 0 Å². The Kier molecular flexibility index (Phi) is 3.61. The molecule has 3 heterocycles. The van der Waals surface area contributed by atoms with E-state index >= 15 is 0 Å². The van der Waals surface area contributed by atoms with Crippen LogP contribution in [0.4, 0.5) is 0 Å². The first-order chi connectivity index (χ1) is 12.0. The number of hydrogen-bond acceptors (Lipinski definition) is 4. The molecule has 1 aromatic carbocycles. The summed E-state index contributed by atoms with van der Waals surface area (Å²) in [5.74, 6) is -0.0444. The molecule has 1 amide bonds. The summed E-state index contributed by atoms with van der Waals surface area (Å²) in [4.78, 5) is 26.6. The number of hydrogen-bond donors (Lipinski definition) is 2. The predicted octanol–water partition coefficient (Wildman–Crippen LogP) is 1.05. The second kappa shape index (κ2) is 5.70. The number of nitrogens with zero attached hydrogens (tertiary/aromatic N) is 3. The normalized spacial score (nSPS) is 14.3. The summed E-state index contributed by atoms with van der Waals surface area (Å²) in [7, 11) is 0. The fraction of sp³-hybridized carbons (Fsp3) is 0.389. The van der Waals surface area contributed by atoms with E-state index < -0.39 is 0 Å². The van der Waals surface area contributed by atoms with Crippen LogP contribution in [0.5, 0.6) is 0 Å². The van der Waals surface area contributed by atoms with Gasteiger partial charge >= 0.3 is 0 Å². The number of aryl methyl sites for hydroxylation is 2. The second-order valence-electron chi connectivity index (χ2n) is 6.53. The van der Waals surface area contributed by atoms with Crippen molar-refractivity contribution in [2.45, 2.75) is 33.4 Å². The van der Waals surface area contributed by atoms with Crippen LogP contribution in [-0.2, 0) is 24.3 Å². The predicted molar refractivity (Wildman–Crippen MR) is 96.4 cm³/mol. The third kappa shape index (κ3) is 2.26. The number of H-pyrrole nitrogens is 1. The van der Waals surface area contributed by atoms with Crippen LogP contribution in [0.2, 0.25) is 0 Å². The van der Waals surface area contributed by atoms with Gasteiger partial charge in [0, 0.05) is 30.7 Å². The molecule has 0 radical (unpaired) electrons. The maximum Gasteiger partial charge on any atom is 0.262 e. The first kappa shape index (κ1) is 15.8. The molecule has 0 saturated heterocycles. The SMILES string of the molecule is CCn1c(=O)c2c(C)[nH]nc2c2cc3c(cc21)CN(C(=O)CN)CC3. The van der Waals surface area contributed by atoms with Crippen molar-refractivity contribution in [1.82, 2.24) is 19.7 Å². The summed E-state index contributed by atoms with van der Waals surface area (Å²) < 4.78 is 1.78. The van der Waals surface area contributed by atoms with Gasteiger partial charge < -0.3 is 15.2 Å². The van der Waals surface area contributed by atoms with Gasteiger partial charge in [-0.2, -0.15) is 5.10 Å². The molecule has 25 heavy (non-hydrogen) atoms. The fourth-order valence-corrected chi connectivity index (χ4v) is 3.80. The highest BCUT2D eigenvalue weighted by molar-refractivity contribution is 6.04. The maximum atomic E-state index is 12.9. The van der Waals surface area contributed by atoms with Crippen molar-refractivity contribution in [3.63, 3.8) is 0 Å². The van der Waals surface area contributed by atoms with Crippen LogP contribution in [0, 0.1) is 6.92 Å². The van der Waals surface area contributed by atoms with Crippen LogP contribution in [0.3, 0.4) is 0 Å². The summed E-state index contributed by atoms with van der Waals surface area (Å²) in [5, 5.41) is 8.95. The average molecular weight is 339 g/mol. The van der Waals surface area contributed by atoms with Gasteiger partial charge in [0.25, 0.3) is 5.56 Å². The van der Waals surface area contributed by atoms with Gasteiger partial charge in [0.05, 0.1) is 17.4 Å². The van der Waals surface area contributed by atoms with Gasteiger partial charge in [-0.15, -0.1) is 0 Å². The third-order valence-corrected chi connectivity index (χ3v) is 5.13. The minimum Gasteiger partial charge on any atom is -0.337 e. The minimum atomic E-state index is -0.0444. The molecule has 0 atom stereocenters. The molecule has 0 spiro atoms. The first-order valence-electron chi connectivity index (χ1n) is 8.56. The number of pyridine rings is 1. The summed E-state index contributed by atoms with van der Waals surface area (Å²) in [6.07, 6.45) is 0.785. The fourth-order valence-electron chi connectivity index (χ4n) is 3.80. The highest BCUT2D eigenvalue weighted by Crippen LogP contribution is 2.29. The smallest absolute Gasteiger partial charge is 0.262 e. The van der Waals surface area contributed by atoms with Crippen molar-refractivity contribution in [2.24, 2.45) is 5.73 Å². The lowest BCUT2D eigenvalue weighted by atomic mass is 9.96. The zero-order valence-electron chi connectivity index (χ0n) is 14.4. The largest absolute Gasteiger partial charge is 0.337 e. The van der Waals surface area contributed by atoms with E-state index in [1.54, 1.807) is 9.47 Å². The lowest BCUT2D eigenvalue weighted by Gasteiger charge is -2.29. The Morgan fingerprint density at radius 2 is 2.16 bits per heavy atom. The van der Waals surface area contributed by atoms with E-state index in [-0.39, 0.29) is 18.0 Å². The summed E-state index contributed by atoms with van der Waals surface area (Å²) >= 11 is 0. The number of rotatable bonds is 2. The van der Waals surface area contributed by atoms with Crippen molar-refractivity contribution in [3.8, 4) is 0 Å². The molecule has 3 N–H and O–H groups in total. The van der Waals surface area contributed by atoms with E-state index in [0.29, 0.717) is 25.0 Å². The lowest BCUT2D eigenvalue weighted by Crippen LogP contribution is -2.39. The summed E-state index contributed by atoms with van der Waals surface area (Å²) in [6.45, 7) is 5.65. The van der Waals surface area contributed by atoms with Gasteiger partial charge in [0.2, 0.25) is 5.91 Å². The molecular weight excluding hydrogens is 318 g/mol. The number of amides is 1. The van der Waals surface area contributed by atoms with E-state index in [1.807, 2.05) is 19.9 Å². The number of carbonyl (C=O) groups is 1. The Bertz CT molecular complexity index is 1060. The van der Waals surface area contributed by atoms with Crippen LogP contribution in [-0.4, -0.2) is 38.7 Å². The third-order valence-electron chi connectivity index (χ3n) is 5.13. The van der Waals surface area contributed by atoms with Crippen LogP contribution in [0.1, 0.15) is 23.7 Å². The number of nitrogens with two attached hydrogens (primary N) is 1. The number of fused-ring (bicyclic) bond motifs is 4. The molecule has 4 rings (SSSR count). The molecule has 1 aliphatic heterocycles. The number of carbonyl (C=O) groups excluding carboxylic acids is 1. The van der Waals surface area contributed by atoms with Crippen molar-refractivity contribution in [3.05, 3.63) is 39.3 Å². The van der Waals surface area contributed by atoms with Crippen molar-refractivity contribution in [2.75, 3.05) is 13.1 Å². The molecule has 130 valence electrons. The molecule has 2 aromatic heterocycles. The number of aromatic nitrogens is 3. The topological polar surface area (TPSA) is 97.0 Å². The number of nitrogens with one attached hydrogen (secondary N) is 1. The average Bonchev–Trinajstić information content (AvgIpc) is 3.02. The minimum absolute atomic E-state index is 0.0236.